The number of halogens is 1. The van der Waals surface area contributed by atoms with Gasteiger partial charge in [0.1, 0.15) is 5.76 Å². The summed E-state index contributed by atoms with van der Waals surface area (Å²) in [5.74, 6) is 2.31. The van der Waals surface area contributed by atoms with E-state index in [9.17, 15) is 0 Å². The van der Waals surface area contributed by atoms with Crippen molar-refractivity contribution in [1.82, 2.24) is 15.6 Å². The predicted octanol–water partition coefficient (Wildman–Crippen LogP) is 4.22. The van der Waals surface area contributed by atoms with E-state index in [1.807, 2.05) is 0 Å². The monoisotopic (exact) mass is 509 g/mol. The lowest BCUT2D eigenvalue weighted by atomic mass is 9.94. The van der Waals surface area contributed by atoms with Crippen molar-refractivity contribution in [2.45, 2.75) is 46.2 Å². The third-order valence-electron chi connectivity index (χ3n) is 4.58. The van der Waals surface area contributed by atoms with Crippen molar-refractivity contribution in [1.29, 1.82) is 0 Å². The van der Waals surface area contributed by atoms with E-state index >= 15 is 0 Å². The van der Waals surface area contributed by atoms with Gasteiger partial charge in [-0.3, -0.25) is 0 Å². The minimum atomic E-state index is -0.0405. The molecule has 0 saturated carbocycles. The molecular weight excluding hydrogens is 477 g/mol. The molecule has 1 aliphatic rings. The third kappa shape index (κ3) is 6.76. The highest BCUT2D eigenvalue weighted by molar-refractivity contribution is 14.0. The third-order valence-corrected chi connectivity index (χ3v) is 4.58. The van der Waals surface area contributed by atoms with Gasteiger partial charge in [-0.25, -0.2) is 9.98 Å². The number of hydrogen-bond donors (Lipinski definition) is 2. The number of nitrogens with zero attached hydrogens (tertiary/aromatic N) is 3. The van der Waals surface area contributed by atoms with Crippen LogP contribution in [-0.4, -0.2) is 30.6 Å². The molecule has 1 aromatic heterocycles. The molecule has 1 aromatic carbocycles. The van der Waals surface area contributed by atoms with Crippen LogP contribution in [0.5, 0.6) is 0 Å². The molecule has 0 saturated heterocycles. The molecule has 158 valence electrons. The van der Waals surface area contributed by atoms with E-state index in [4.69, 9.17) is 4.42 Å². The Balaban J connectivity index is 0.00000300. The molecule has 1 aliphatic heterocycles. The second-order valence-corrected chi connectivity index (χ2v) is 7.96. The average molecular weight is 509 g/mol. The van der Waals surface area contributed by atoms with Crippen LogP contribution >= 0.6 is 24.0 Å². The molecule has 0 atom stereocenters. The van der Waals surface area contributed by atoms with Gasteiger partial charge < -0.3 is 20.0 Å². The maximum absolute atomic E-state index is 5.84. The molecule has 7 heteroatoms. The quantitative estimate of drug-likeness (QED) is 0.264. The number of hydrogen-bond acceptors (Lipinski definition) is 4. The van der Waals surface area contributed by atoms with E-state index in [1.165, 1.54) is 11.3 Å². The Morgan fingerprint density at radius 2 is 1.83 bits per heavy atom. The Morgan fingerprint density at radius 1 is 1.14 bits per heavy atom. The summed E-state index contributed by atoms with van der Waals surface area (Å²) in [6.07, 6.45) is 6.20. The molecule has 0 spiro atoms. The zero-order chi connectivity index (χ0) is 20.0. The van der Waals surface area contributed by atoms with Gasteiger partial charge in [0, 0.05) is 30.7 Å². The fraction of sp³-hybridized carbons (Fsp3) is 0.455. The molecule has 0 unspecified atom stereocenters. The normalized spacial score (nSPS) is 14.1. The molecule has 0 fully saturated rings. The second kappa shape index (κ2) is 10.7. The summed E-state index contributed by atoms with van der Waals surface area (Å²) in [5.41, 5.74) is 2.39. The number of aliphatic imine (C=N–C) groups is 1. The fourth-order valence-corrected chi connectivity index (χ4v) is 2.91. The molecule has 0 amide bonds. The van der Waals surface area contributed by atoms with Crippen molar-refractivity contribution >= 4 is 35.6 Å². The van der Waals surface area contributed by atoms with Crippen LogP contribution in [0.15, 0.2) is 52.0 Å². The van der Waals surface area contributed by atoms with Crippen molar-refractivity contribution in [3.8, 4) is 0 Å². The van der Waals surface area contributed by atoms with Crippen LogP contribution in [0.25, 0.3) is 0 Å². The van der Waals surface area contributed by atoms with Gasteiger partial charge in [0.05, 0.1) is 19.3 Å². The zero-order valence-corrected chi connectivity index (χ0v) is 20.1. The zero-order valence-electron chi connectivity index (χ0n) is 17.7. The fourth-order valence-electron chi connectivity index (χ4n) is 2.91. The number of benzene rings is 1. The molecule has 0 aliphatic carbocycles. The minimum absolute atomic E-state index is 0. The van der Waals surface area contributed by atoms with Gasteiger partial charge in [0.2, 0.25) is 5.89 Å². The Morgan fingerprint density at radius 3 is 2.41 bits per heavy atom. The highest BCUT2D eigenvalue weighted by Crippen LogP contribution is 2.22. The van der Waals surface area contributed by atoms with E-state index in [0.717, 1.165) is 31.4 Å². The molecule has 6 nitrogen and oxygen atoms in total. The first kappa shape index (κ1) is 23.3. The van der Waals surface area contributed by atoms with Gasteiger partial charge in [0.25, 0.3) is 0 Å². The van der Waals surface area contributed by atoms with Crippen molar-refractivity contribution in [2.24, 2.45) is 4.99 Å². The summed E-state index contributed by atoms with van der Waals surface area (Å²) in [7, 11) is 0. The topological polar surface area (TPSA) is 65.7 Å². The van der Waals surface area contributed by atoms with Crippen LogP contribution in [0.3, 0.4) is 0 Å². The van der Waals surface area contributed by atoms with Crippen LogP contribution in [0.2, 0.25) is 0 Å². The number of guanidine groups is 1. The SMILES string of the molecule is CCNC(=NCc1ccc(N2CC=CC2)cc1)NCc1ncc(C(C)(C)C)o1.I. The largest absolute Gasteiger partial charge is 0.443 e. The maximum Gasteiger partial charge on any atom is 0.213 e. The van der Waals surface area contributed by atoms with Crippen LogP contribution in [0, 0.1) is 0 Å². The van der Waals surface area contributed by atoms with E-state index in [0.29, 0.717) is 19.0 Å². The lowest BCUT2D eigenvalue weighted by Gasteiger charge is -2.17. The number of anilines is 1. The van der Waals surface area contributed by atoms with Crippen molar-refractivity contribution in [3.05, 3.63) is 59.8 Å². The Kier molecular flexibility index (Phi) is 8.55. The summed E-state index contributed by atoms with van der Waals surface area (Å²) in [5, 5.41) is 6.56. The molecular formula is C22H32IN5O. The number of rotatable bonds is 6. The van der Waals surface area contributed by atoms with Crippen LogP contribution in [0.4, 0.5) is 5.69 Å². The Labute approximate surface area is 190 Å². The minimum Gasteiger partial charge on any atom is -0.443 e. The van der Waals surface area contributed by atoms with Gasteiger partial charge in [-0.15, -0.1) is 24.0 Å². The maximum atomic E-state index is 5.84. The highest BCUT2D eigenvalue weighted by atomic mass is 127. The standard InChI is InChI=1S/C22H31N5O.HI/c1-5-23-21(26-16-20-24-15-19(28-20)22(2,3)4)25-14-17-8-10-18(11-9-17)27-12-6-7-13-27;/h6-11,15H,5,12-14,16H2,1-4H3,(H2,23,25,26);1H. The summed E-state index contributed by atoms with van der Waals surface area (Å²) in [4.78, 5) is 11.4. The molecule has 2 N–H and O–H groups in total. The van der Waals surface area contributed by atoms with Crippen molar-refractivity contribution < 1.29 is 4.42 Å². The van der Waals surface area contributed by atoms with E-state index in [-0.39, 0.29) is 29.4 Å². The molecule has 0 radical (unpaired) electrons. The highest BCUT2D eigenvalue weighted by Gasteiger charge is 2.19. The summed E-state index contributed by atoms with van der Waals surface area (Å²) < 4.78 is 5.84. The molecule has 29 heavy (non-hydrogen) atoms. The van der Waals surface area contributed by atoms with Crippen LogP contribution < -0.4 is 15.5 Å². The molecule has 2 heterocycles. The van der Waals surface area contributed by atoms with Gasteiger partial charge in [-0.1, -0.05) is 45.1 Å². The Bertz CT molecular complexity index is 812. The van der Waals surface area contributed by atoms with Gasteiger partial charge >= 0.3 is 0 Å². The number of aromatic nitrogens is 1. The lowest BCUT2D eigenvalue weighted by Crippen LogP contribution is -2.36. The van der Waals surface area contributed by atoms with E-state index in [1.54, 1.807) is 6.20 Å². The number of nitrogens with one attached hydrogen (secondary N) is 2. The van der Waals surface area contributed by atoms with Crippen molar-refractivity contribution in [2.75, 3.05) is 24.5 Å². The second-order valence-electron chi connectivity index (χ2n) is 7.96. The first-order chi connectivity index (χ1) is 13.5. The first-order valence-electron chi connectivity index (χ1n) is 9.92. The van der Waals surface area contributed by atoms with E-state index in [2.05, 4.69) is 89.6 Å². The van der Waals surface area contributed by atoms with E-state index < -0.39 is 0 Å². The molecule has 2 aromatic rings. The van der Waals surface area contributed by atoms with Gasteiger partial charge in [-0.2, -0.15) is 0 Å². The first-order valence-corrected chi connectivity index (χ1v) is 9.92. The van der Waals surface area contributed by atoms with Gasteiger partial charge in [0.15, 0.2) is 5.96 Å². The summed E-state index contributed by atoms with van der Waals surface area (Å²) in [6, 6.07) is 8.62. The molecule has 0 bridgehead atoms. The van der Waals surface area contributed by atoms with Crippen molar-refractivity contribution in [3.63, 3.8) is 0 Å². The van der Waals surface area contributed by atoms with Crippen LogP contribution in [-0.2, 0) is 18.5 Å². The average Bonchev–Trinajstić information content (AvgIpc) is 3.36. The molecule has 3 rings (SSSR count). The predicted molar refractivity (Wildman–Crippen MR) is 130 cm³/mol. The summed E-state index contributed by atoms with van der Waals surface area (Å²) >= 11 is 0. The van der Waals surface area contributed by atoms with Gasteiger partial charge in [-0.05, 0) is 24.6 Å². The Hall–Kier alpha value is -2.03. The van der Waals surface area contributed by atoms with Crippen LogP contribution in [0.1, 0.15) is 44.9 Å². The summed E-state index contributed by atoms with van der Waals surface area (Å²) in [6.45, 7) is 12.3. The number of oxazole rings is 1. The smallest absolute Gasteiger partial charge is 0.213 e. The lowest BCUT2D eigenvalue weighted by molar-refractivity contribution is 0.379.